The first-order valence-electron chi connectivity index (χ1n) is 5.25. The molecule has 0 aliphatic rings. The van der Waals surface area contributed by atoms with Crippen LogP contribution in [0.1, 0.15) is 5.56 Å². The average molecular weight is 264 g/mol. The molecule has 2 aromatic rings. The molecule has 0 aliphatic carbocycles. The smallest absolute Gasteiger partial charge is 0.329 e. The van der Waals surface area contributed by atoms with E-state index in [9.17, 15) is 10.1 Å². The zero-order valence-corrected chi connectivity index (χ0v) is 10.1. The molecule has 0 spiro atoms. The Morgan fingerprint density at radius 1 is 1.28 bits per heavy atom. The lowest BCUT2D eigenvalue weighted by molar-refractivity contribution is -0.384. The molecule has 0 unspecified atom stereocenters. The van der Waals surface area contributed by atoms with E-state index in [2.05, 4.69) is 10.3 Å². The number of nitrogens with zero attached hydrogens (tertiary/aromatic N) is 2. The second kappa shape index (κ2) is 5.46. The van der Waals surface area contributed by atoms with Crippen molar-refractivity contribution >= 4 is 23.0 Å². The molecule has 0 saturated heterocycles. The lowest BCUT2D eigenvalue weighted by Gasteiger charge is -2.07. The van der Waals surface area contributed by atoms with Gasteiger partial charge in [0, 0.05) is 12.7 Å². The molecule has 18 heavy (non-hydrogen) atoms. The first-order valence-corrected chi connectivity index (χ1v) is 5.63. The van der Waals surface area contributed by atoms with Crippen molar-refractivity contribution in [3.05, 3.63) is 63.4 Å². The second-order valence-electron chi connectivity index (χ2n) is 3.59. The van der Waals surface area contributed by atoms with Crippen LogP contribution < -0.4 is 5.32 Å². The summed E-state index contributed by atoms with van der Waals surface area (Å²) in [5.41, 5.74) is 1.19. The van der Waals surface area contributed by atoms with Gasteiger partial charge in [0.1, 0.15) is 5.69 Å². The van der Waals surface area contributed by atoms with Crippen molar-refractivity contribution in [2.24, 2.45) is 0 Å². The molecule has 1 aromatic heterocycles. The summed E-state index contributed by atoms with van der Waals surface area (Å²) in [5.74, 6) is 0. The summed E-state index contributed by atoms with van der Waals surface area (Å²) in [7, 11) is 0. The summed E-state index contributed by atoms with van der Waals surface area (Å²) in [5, 5.41) is 13.8. The van der Waals surface area contributed by atoms with E-state index in [1.54, 1.807) is 0 Å². The number of hydrogen-bond acceptors (Lipinski definition) is 4. The quantitative estimate of drug-likeness (QED) is 0.522. The van der Waals surface area contributed by atoms with E-state index in [4.69, 9.17) is 11.6 Å². The number of nitro groups is 1. The van der Waals surface area contributed by atoms with E-state index in [0.29, 0.717) is 12.2 Å². The molecule has 0 saturated carbocycles. The van der Waals surface area contributed by atoms with Gasteiger partial charge >= 0.3 is 5.69 Å². The second-order valence-corrected chi connectivity index (χ2v) is 3.95. The highest BCUT2D eigenvalue weighted by molar-refractivity contribution is 6.32. The SMILES string of the molecule is O=[N+]([O-])c1c(NCc2ccccc2)ccnc1Cl. The Hall–Kier alpha value is -2.14. The molecule has 0 aliphatic heterocycles. The van der Waals surface area contributed by atoms with Crippen molar-refractivity contribution in [2.45, 2.75) is 6.54 Å². The van der Waals surface area contributed by atoms with Gasteiger partial charge in [0.15, 0.2) is 0 Å². The van der Waals surface area contributed by atoms with Gasteiger partial charge in [-0.25, -0.2) is 4.98 Å². The third-order valence-corrected chi connectivity index (χ3v) is 2.66. The first kappa shape index (κ1) is 12.3. The molecule has 92 valence electrons. The fourth-order valence-corrected chi connectivity index (χ4v) is 1.77. The monoisotopic (exact) mass is 263 g/mol. The highest BCUT2D eigenvalue weighted by Crippen LogP contribution is 2.30. The van der Waals surface area contributed by atoms with Crippen LogP contribution in [0, 0.1) is 10.1 Å². The Morgan fingerprint density at radius 2 is 2.00 bits per heavy atom. The highest BCUT2D eigenvalue weighted by atomic mass is 35.5. The molecule has 0 atom stereocenters. The molecule has 1 N–H and O–H groups in total. The molecule has 1 aromatic carbocycles. The standard InChI is InChI=1S/C12H10ClN3O2/c13-12-11(16(17)18)10(6-7-14-12)15-8-9-4-2-1-3-5-9/h1-7H,8H2,(H,14,15). The van der Waals surface area contributed by atoms with Crippen LogP contribution in [0.5, 0.6) is 0 Å². The topological polar surface area (TPSA) is 68.1 Å². The van der Waals surface area contributed by atoms with Crippen LogP contribution >= 0.6 is 11.6 Å². The van der Waals surface area contributed by atoms with E-state index in [0.717, 1.165) is 5.56 Å². The number of nitrogens with one attached hydrogen (secondary N) is 1. The summed E-state index contributed by atoms with van der Waals surface area (Å²) in [4.78, 5) is 14.1. The summed E-state index contributed by atoms with van der Waals surface area (Å²) >= 11 is 5.71. The number of hydrogen-bond donors (Lipinski definition) is 1. The van der Waals surface area contributed by atoms with Crippen molar-refractivity contribution in [3.8, 4) is 0 Å². The third kappa shape index (κ3) is 2.75. The van der Waals surface area contributed by atoms with Crippen LogP contribution in [-0.2, 0) is 6.54 Å². The fraction of sp³-hybridized carbons (Fsp3) is 0.0833. The lowest BCUT2D eigenvalue weighted by Crippen LogP contribution is -2.03. The Balaban J connectivity index is 2.20. The van der Waals surface area contributed by atoms with Crippen molar-refractivity contribution in [1.82, 2.24) is 4.98 Å². The van der Waals surface area contributed by atoms with Crippen molar-refractivity contribution in [1.29, 1.82) is 0 Å². The molecule has 0 amide bonds. The number of rotatable bonds is 4. The Morgan fingerprint density at radius 3 is 2.67 bits per heavy atom. The van der Waals surface area contributed by atoms with Crippen LogP contribution in [0.25, 0.3) is 0 Å². The Kier molecular flexibility index (Phi) is 3.74. The van der Waals surface area contributed by atoms with Gasteiger partial charge in [-0.2, -0.15) is 0 Å². The molecular formula is C12H10ClN3O2. The van der Waals surface area contributed by atoms with Gasteiger partial charge in [0.25, 0.3) is 0 Å². The van der Waals surface area contributed by atoms with Crippen molar-refractivity contribution in [3.63, 3.8) is 0 Å². The number of pyridine rings is 1. The van der Waals surface area contributed by atoms with Crippen LogP contribution in [0.15, 0.2) is 42.6 Å². The van der Waals surface area contributed by atoms with Crippen molar-refractivity contribution < 1.29 is 4.92 Å². The summed E-state index contributed by atoms with van der Waals surface area (Å²) < 4.78 is 0. The van der Waals surface area contributed by atoms with E-state index in [1.165, 1.54) is 12.3 Å². The average Bonchev–Trinajstić information content (AvgIpc) is 2.37. The molecule has 0 fully saturated rings. The van der Waals surface area contributed by atoms with Crippen molar-refractivity contribution in [2.75, 3.05) is 5.32 Å². The minimum Gasteiger partial charge on any atom is -0.375 e. The zero-order chi connectivity index (χ0) is 13.0. The van der Waals surface area contributed by atoms with Crippen LogP contribution in [0.2, 0.25) is 5.15 Å². The number of anilines is 1. The maximum absolute atomic E-state index is 10.9. The van der Waals surface area contributed by atoms with E-state index in [-0.39, 0.29) is 10.8 Å². The number of aromatic nitrogens is 1. The van der Waals surface area contributed by atoms with Gasteiger partial charge in [-0.05, 0) is 11.6 Å². The molecule has 0 bridgehead atoms. The maximum atomic E-state index is 10.9. The van der Waals surface area contributed by atoms with Crippen LogP contribution in [0.3, 0.4) is 0 Å². The minimum atomic E-state index is -0.539. The van der Waals surface area contributed by atoms with Crippen LogP contribution in [0.4, 0.5) is 11.4 Å². The number of benzene rings is 1. The largest absolute Gasteiger partial charge is 0.375 e. The van der Waals surface area contributed by atoms with E-state index in [1.807, 2.05) is 30.3 Å². The minimum absolute atomic E-state index is 0.113. The van der Waals surface area contributed by atoms with E-state index < -0.39 is 4.92 Å². The third-order valence-electron chi connectivity index (χ3n) is 2.39. The number of halogens is 1. The van der Waals surface area contributed by atoms with E-state index >= 15 is 0 Å². The molecule has 0 radical (unpaired) electrons. The molecule has 1 heterocycles. The maximum Gasteiger partial charge on any atom is 0.329 e. The predicted molar refractivity (Wildman–Crippen MR) is 69.7 cm³/mol. The van der Waals surface area contributed by atoms with Gasteiger partial charge < -0.3 is 5.32 Å². The first-order chi connectivity index (χ1) is 8.68. The zero-order valence-electron chi connectivity index (χ0n) is 9.34. The predicted octanol–water partition coefficient (Wildman–Crippen LogP) is 3.26. The van der Waals surface area contributed by atoms with Gasteiger partial charge in [-0.3, -0.25) is 10.1 Å². The van der Waals surface area contributed by atoms with Gasteiger partial charge in [-0.15, -0.1) is 0 Å². The summed E-state index contributed by atoms with van der Waals surface area (Å²) in [6, 6.07) is 11.1. The molecule has 5 nitrogen and oxygen atoms in total. The molecule has 2 rings (SSSR count). The lowest BCUT2D eigenvalue weighted by atomic mass is 10.2. The summed E-state index contributed by atoms with van der Waals surface area (Å²) in [6.07, 6.45) is 1.43. The van der Waals surface area contributed by atoms with Crippen LogP contribution in [-0.4, -0.2) is 9.91 Å². The normalized spacial score (nSPS) is 10.1. The summed E-state index contributed by atoms with van der Waals surface area (Å²) in [6.45, 7) is 0.488. The molecule has 6 heteroatoms. The highest BCUT2D eigenvalue weighted by Gasteiger charge is 2.19. The Labute approximate surface area is 109 Å². The van der Waals surface area contributed by atoms with Gasteiger partial charge in [0.2, 0.25) is 5.15 Å². The van der Waals surface area contributed by atoms with Gasteiger partial charge in [0.05, 0.1) is 4.92 Å². The Bertz CT molecular complexity index is 561. The molecular weight excluding hydrogens is 254 g/mol. The fourth-order valence-electron chi connectivity index (χ4n) is 1.54. The van der Waals surface area contributed by atoms with Gasteiger partial charge in [-0.1, -0.05) is 41.9 Å².